The first-order valence-electron chi connectivity index (χ1n) is 4.46. The molecule has 0 bridgehead atoms. The first-order chi connectivity index (χ1) is 5.01. The van der Waals surface area contributed by atoms with Crippen molar-refractivity contribution in [3.05, 3.63) is 0 Å². The highest BCUT2D eigenvalue weighted by molar-refractivity contribution is 4.92. The highest BCUT2D eigenvalue weighted by atomic mass is 15.0. The average Bonchev–Trinajstić information content (AvgIpc) is 1.75. The van der Waals surface area contributed by atoms with Gasteiger partial charge in [-0.1, -0.05) is 0 Å². The van der Waals surface area contributed by atoms with Crippen LogP contribution in [-0.4, -0.2) is 24.7 Å². The summed E-state index contributed by atoms with van der Waals surface area (Å²) in [5.41, 5.74) is 0.281. The Morgan fingerprint density at radius 2 is 1.64 bits per heavy atom. The zero-order valence-electron chi connectivity index (χ0n) is 8.07. The van der Waals surface area contributed by atoms with E-state index in [1.165, 1.54) is 12.8 Å². The lowest BCUT2D eigenvalue weighted by Gasteiger charge is -2.40. The minimum Gasteiger partial charge on any atom is -0.317 e. The molecule has 0 atom stereocenters. The fourth-order valence-electron chi connectivity index (χ4n) is 1.58. The Balaban J connectivity index is 2.14. The molecule has 1 rings (SSSR count). The Labute approximate surface area is 69.8 Å². The number of hydrogen-bond donors (Lipinski definition) is 2. The van der Waals surface area contributed by atoms with E-state index in [1.807, 2.05) is 7.05 Å². The maximum atomic E-state index is 3.58. The average molecular weight is 156 g/mol. The molecule has 2 nitrogen and oxygen atoms in total. The second kappa shape index (κ2) is 3.11. The molecule has 0 unspecified atom stereocenters. The summed E-state index contributed by atoms with van der Waals surface area (Å²) in [6, 6.07) is 1.50. The summed E-state index contributed by atoms with van der Waals surface area (Å²) in [6.45, 7) is 6.67. The zero-order valence-corrected chi connectivity index (χ0v) is 8.07. The molecule has 1 aliphatic carbocycles. The summed E-state index contributed by atoms with van der Waals surface area (Å²) in [4.78, 5) is 0. The monoisotopic (exact) mass is 156 g/mol. The van der Waals surface area contributed by atoms with E-state index in [9.17, 15) is 0 Å². The van der Waals surface area contributed by atoms with E-state index in [2.05, 4.69) is 31.4 Å². The SMILES string of the molecule is CNC1CC(NC(C)(C)C)C1. The van der Waals surface area contributed by atoms with E-state index in [0.29, 0.717) is 0 Å². The predicted octanol–water partition coefficient (Wildman–Crippen LogP) is 1.12. The molecule has 0 aliphatic heterocycles. The topological polar surface area (TPSA) is 24.1 Å². The normalized spacial score (nSPS) is 31.6. The highest BCUT2D eigenvalue weighted by Gasteiger charge is 2.29. The van der Waals surface area contributed by atoms with Crippen LogP contribution in [-0.2, 0) is 0 Å². The molecule has 11 heavy (non-hydrogen) atoms. The molecule has 0 heterocycles. The predicted molar refractivity (Wildman–Crippen MR) is 48.8 cm³/mol. The Kier molecular flexibility index (Phi) is 2.55. The van der Waals surface area contributed by atoms with E-state index >= 15 is 0 Å². The maximum absolute atomic E-state index is 3.58. The number of hydrogen-bond acceptors (Lipinski definition) is 2. The molecule has 0 amide bonds. The van der Waals surface area contributed by atoms with Crippen LogP contribution in [0.1, 0.15) is 33.6 Å². The van der Waals surface area contributed by atoms with Crippen molar-refractivity contribution in [3.8, 4) is 0 Å². The summed E-state index contributed by atoms with van der Waals surface area (Å²) in [7, 11) is 2.04. The second-order valence-electron chi connectivity index (χ2n) is 4.55. The van der Waals surface area contributed by atoms with Gasteiger partial charge in [-0.15, -0.1) is 0 Å². The molecule has 66 valence electrons. The van der Waals surface area contributed by atoms with Gasteiger partial charge in [0.15, 0.2) is 0 Å². The van der Waals surface area contributed by atoms with E-state index in [4.69, 9.17) is 0 Å². The van der Waals surface area contributed by atoms with E-state index in [1.54, 1.807) is 0 Å². The van der Waals surface area contributed by atoms with Crippen molar-refractivity contribution in [2.24, 2.45) is 0 Å². The van der Waals surface area contributed by atoms with Crippen molar-refractivity contribution in [1.82, 2.24) is 10.6 Å². The molecule has 2 N–H and O–H groups in total. The third-order valence-electron chi connectivity index (χ3n) is 2.18. The van der Waals surface area contributed by atoms with Crippen LogP contribution in [0.3, 0.4) is 0 Å². The largest absolute Gasteiger partial charge is 0.317 e. The molecular weight excluding hydrogens is 136 g/mol. The summed E-state index contributed by atoms with van der Waals surface area (Å²) in [6.07, 6.45) is 2.57. The minimum absolute atomic E-state index is 0.281. The Morgan fingerprint density at radius 3 is 2.00 bits per heavy atom. The van der Waals surface area contributed by atoms with Gasteiger partial charge in [0.05, 0.1) is 0 Å². The van der Waals surface area contributed by atoms with Gasteiger partial charge in [0, 0.05) is 17.6 Å². The van der Waals surface area contributed by atoms with Crippen molar-refractivity contribution in [3.63, 3.8) is 0 Å². The van der Waals surface area contributed by atoms with E-state index < -0.39 is 0 Å². The van der Waals surface area contributed by atoms with Gasteiger partial charge < -0.3 is 10.6 Å². The van der Waals surface area contributed by atoms with Crippen LogP contribution < -0.4 is 10.6 Å². The first kappa shape index (κ1) is 9.01. The van der Waals surface area contributed by atoms with Crippen LogP contribution >= 0.6 is 0 Å². The molecule has 0 saturated heterocycles. The highest BCUT2D eigenvalue weighted by Crippen LogP contribution is 2.21. The Bertz CT molecular complexity index is 120. The lowest BCUT2D eigenvalue weighted by molar-refractivity contribution is 0.215. The maximum Gasteiger partial charge on any atom is 0.0101 e. The van der Waals surface area contributed by atoms with Gasteiger partial charge in [0.2, 0.25) is 0 Å². The molecule has 1 saturated carbocycles. The van der Waals surface area contributed by atoms with Gasteiger partial charge in [-0.25, -0.2) is 0 Å². The van der Waals surface area contributed by atoms with E-state index in [0.717, 1.165) is 12.1 Å². The van der Waals surface area contributed by atoms with Crippen LogP contribution in [0.25, 0.3) is 0 Å². The van der Waals surface area contributed by atoms with Crippen LogP contribution in [0.15, 0.2) is 0 Å². The Hall–Kier alpha value is -0.0800. The van der Waals surface area contributed by atoms with Gasteiger partial charge in [-0.3, -0.25) is 0 Å². The van der Waals surface area contributed by atoms with Gasteiger partial charge in [0.25, 0.3) is 0 Å². The molecule has 0 aromatic heterocycles. The first-order valence-corrected chi connectivity index (χ1v) is 4.46. The smallest absolute Gasteiger partial charge is 0.0101 e. The lowest BCUT2D eigenvalue weighted by atomic mass is 9.85. The molecular formula is C9H20N2. The van der Waals surface area contributed by atoms with Gasteiger partial charge in [0.1, 0.15) is 0 Å². The quantitative estimate of drug-likeness (QED) is 0.626. The molecule has 0 spiro atoms. The molecule has 1 fully saturated rings. The zero-order chi connectivity index (χ0) is 8.48. The fourth-order valence-corrected chi connectivity index (χ4v) is 1.58. The fraction of sp³-hybridized carbons (Fsp3) is 1.00. The van der Waals surface area contributed by atoms with Crippen molar-refractivity contribution < 1.29 is 0 Å². The third-order valence-corrected chi connectivity index (χ3v) is 2.18. The van der Waals surface area contributed by atoms with Crippen LogP contribution in [0, 0.1) is 0 Å². The van der Waals surface area contributed by atoms with Crippen LogP contribution in [0.2, 0.25) is 0 Å². The summed E-state index contributed by atoms with van der Waals surface area (Å²) in [5, 5.41) is 6.86. The summed E-state index contributed by atoms with van der Waals surface area (Å²) in [5.74, 6) is 0. The van der Waals surface area contributed by atoms with Gasteiger partial charge in [-0.2, -0.15) is 0 Å². The third kappa shape index (κ3) is 2.80. The van der Waals surface area contributed by atoms with Crippen LogP contribution in [0.5, 0.6) is 0 Å². The van der Waals surface area contributed by atoms with Crippen molar-refractivity contribution in [1.29, 1.82) is 0 Å². The molecule has 1 aliphatic rings. The van der Waals surface area contributed by atoms with Crippen LogP contribution in [0.4, 0.5) is 0 Å². The van der Waals surface area contributed by atoms with Gasteiger partial charge >= 0.3 is 0 Å². The number of nitrogens with one attached hydrogen (secondary N) is 2. The molecule has 0 aromatic rings. The van der Waals surface area contributed by atoms with Gasteiger partial charge in [-0.05, 0) is 40.7 Å². The Morgan fingerprint density at radius 1 is 1.09 bits per heavy atom. The lowest BCUT2D eigenvalue weighted by Crippen LogP contribution is -2.55. The van der Waals surface area contributed by atoms with Crippen molar-refractivity contribution in [2.75, 3.05) is 7.05 Å². The molecule has 0 aromatic carbocycles. The van der Waals surface area contributed by atoms with Crippen molar-refractivity contribution in [2.45, 2.75) is 51.2 Å². The summed E-state index contributed by atoms with van der Waals surface area (Å²) < 4.78 is 0. The molecule has 0 radical (unpaired) electrons. The van der Waals surface area contributed by atoms with E-state index in [-0.39, 0.29) is 5.54 Å². The van der Waals surface area contributed by atoms with Crippen molar-refractivity contribution >= 4 is 0 Å². The number of rotatable bonds is 2. The molecule has 2 heteroatoms. The summed E-state index contributed by atoms with van der Waals surface area (Å²) >= 11 is 0. The minimum atomic E-state index is 0.281. The standard InChI is InChI=1S/C9H20N2/c1-9(2,3)11-8-5-7(6-8)10-4/h7-8,10-11H,5-6H2,1-4H3. The second-order valence-corrected chi connectivity index (χ2v) is 4.55.